The molecular weight excluding hydrogens is 246 g/mol. The minimum atomic E-state index is -0.164. The van der Waals surface area contributed by atoms with Gasteiger partial charge in [0, 0.05) is 13.1 Å². The van der Waals surface area contributed by atoms with E-state index < -0.39 is 0 Å². The number of amides is 1. The fourth-order valence-electron chi connectivity index (χ4n) is 2.04. The molecule has 0 bridgehead atoms. The molecule has 19 heavy (non-hydrogen) atoms. The zero-order valence-electron chi connectivity index (χ0n) is 10.5. The molecule has 0 saturated carbocycles. The van der Waals surface area contributed by atoms with E-state index in [1.165, 1.54) is 5.01 Å². The van der Waals surface area contributed by atoms with Crippen molar-refractivity contribution < 1.29 is 14.3 Å². The van der Waals surface area contributed by atoms with Gasteiger partial charge in [-0.15, -0.1) is 5.10 Å². The summed E-state index contributed by atoms with van der Waals surface area (Å²) in [6.45, 7) is 2.79. The van der Waals surface area contributed by atoms with Crippen LogP contribution in [0.15, 0.2) is 35.4 Å². The molecule has 2 aliphatic rings. The molecule has 0 N–H and O–H groups in total. The largest absolute Gasteiger partial charge is 0.454 e. The van der Waals surface area contributed by atoms with Crippen LogP contribution in [0.3, 0.4) is 0 Å². The van der Waals surface area contributed by atoms with Crippen molar-refractivity contribution in [1.82, 2.24) is 4.90 Å². The highest BCUT2D eigenvalue weighted by Gasteiger charge is 2.27. The van der Waals surface area contributed by atoms with Gasteiger partial charge in [-0.05, 0) is 12.1 Å². The third-order valence-corrected chi connectivity index (χ3v) is 3.03. The van der Waals surface area contributed by atoms with Gasteiger partial charge in [-0.25, -0.2) is 0 Å². The number of ether oxygens (including phenoxy) is 2. The molecule has 0 aromatic heterocycles. The predicted octanol–water partition coefficient (Wildman–Crippen LogP) is 0.653. The van der Waals surface area contributed by atoms with Crippen LogP contribution in [0.25, 0.3) is 0 Å². The maximum Gasteiger partial charge on any atom is 0.310 e. The van der Waals surface area contributed by atoms with Crippen LogP contribution in [0.4, 0.5) is 5.69 Å². The number of nitrogens with zero attached hydrogens (tertiary/aromatic N) is 3. The van der Waals surface area contributed by atoms with Crippen molar-refractivity contribution in [1.29, 1.82) is 0 Å². The smallest absolute Gasteiger partial charge is 0.310 e. The van der Waals surface area contributed by atoms with Gasteiger partial charge in [-0.1, -0.05) is 18.2 Å². The van der Waals surface area contributed by atoms with Crippen molar-refractivity contribution in [3.05, 3.63) is 30.3 Å². The van der Waals surface area contributed by atoms with Gasteiger partial charge in [-0.3, -0.25) is 4.79 Å². The van der Waals surface area contributed by atoms with E-state index >= 15 is 0 Å². The Kier molecular flexibility index (Phi) is 3.33. The summed E-state index contributed by atoms with van der Waals surface area (Å²) < 4.78 is 10.7. The Hall–Kier alpha value is -2.08. The van der Waals surface area contributed by atoms with E-state index in [2.05, 4.69) is 5.10 Å². The molecule has 0 aliphatic carbocycles. The molecule has 1 aromatic carbocycles. The normalized spacial score (nSPS) is 20.0. The van der Waals surface area contributed by atoms with Crippen LogP contribution in [0, 0.1) is 0 Å². The van der Waals surface area contributed by atoms with Crippen molar-refractivity contribution >= 4 is 17.6 Å². The van der Waals surface area contributed by atoms with E-state index in [1.807, 2.05) is 35.2 Å². The quantitative estimate of drug-likeness (QED) is 0.745. The Bertz CT molecular complexity index is 483. The lowest BCUT2D eigenvalue weighted by atomic mass is 10.3. The van der Waals surface area contributed by atoms with Gasteiger partial charge >= 0.3 is 6.02 Å². The van der Waals surface area contributed by atoms with Crippen LogP contribution < -0.4 is 5.01 Å². The van der Waals surface area contributed by atoms with Crippen molar-refractivity contribution in [2.45, 2.75) is 0 Å². The summed E-state index contributed by atoms with van der Waals surface area (Å²) in [6, 6.07) is 9.85. The Balaban J connectivity index is 1.84. The third kappa shape index (κ3) is 2.53. The van der Waals surface area contributed by atoms with Crippen LogP contribution in [0.5, 0.6) is 0 Å². The topological polar surface area (TPSA) is 54.4 Å². The predicted molar refractivity (Wildman–Crippen MR) is 69.7 cm³/mol. The highest BCUT2D eigenvalue weighted by atomic mass is 16.5. The minimum absolute atomic E-state index is 0.0189. The summed E-state index contributed by atoms with van der Waals surface area (Å²) in [7, 11) is 0. The molecule has 0 unspecified atom stereocenters. The van der Waals surface area contributed by atoms with Crippen molar-refractivity contribution in [2.75, 3.05) is 37.9 Å². The average molecular weight is 261 g/mol. The van der Waals surface area contributed by atoms with Crippen LogP contribution in [-0.4, -0.2) is 49.7 Å². The maximum absolute atomic E-state index is 11.9. The Morgan fingerprint density at radius 2 is 1.84 bits per heavy atom. The summed E-state index contributed by atoms with van der Waals surface area (Å²) in [5, 5.41) is 5.70. The molecular formula is C13H15N3O3. The second-order valence-electron chi connectivity index (χ2n) is 4.31. The molecule has 2 heterocycles. The summed E-state index contributed by atoms with van der Waals surface area (Å²) in [5.74, 6) is -0.164. The summed E-state index contributed by atoms with van der Waals surface area (Å²) in [5.41, 5.74) is 0.751. The number of carbonyl (C=O) groups is 1. The van der Waals surface area contributed by atoms with Crippen LogP contribution in [-0.2, 0) is 14.3 Å². The molecule has 0 radical (unpaired) electrons. The highest BCUT2D eigenvalue weighted by molar-refractivity contribution is 5.98. The van der Waals surface area contributed by atoms with Crippen molar-refractivity contribution in [3.63, 3.8) is 0 Å². The molecule has 6 heteroatoms. The minimum Gasteiger partial charge on any atom is -0.454 e. The van der Waals surface area contributed by atoms with E-state index in [1.54, 1.807) is 0 Å². The number of benzene rings is 1. The molecule has 100 valence electrons. The molecule has 1 amide bonds. The zero-order valence-corrected chi connectivity index (χ0v) is 10.5. The Morgan fingerprint density at radius 3 is 2.58 bits per heavy atom. The molecule has 3 rings (SSSR count). The number of amidine groups is 1. The molecule has 1 saturated heterocycles. The summed E-state index contributed by atoms with van der Waals surface area (Å²) in [6.07, 6.45) is 0. The van der Waals surface area contributed by atoms with Gasteiger partial charge in [0.15, 0.2) is 6.61 Å². The van der Waals surface area contributed by atoms with Gasteiger partial charge in [0.1, 0.15) is 0 Å². The van der Waals surface area contributed by atoms with Crippen LogP contribution in [0.2, 0.25) is 0 Å². The number of anilines is 1. The SMILES string of the molecule is O=C1COC(N2CCOCC2)=NN1c1ccccc1. The summed E-state index contributed by atoms with van der Waals surface area (Å²) in [4.78, 5) is 13.9. The molecule has 1 fully saturated rings. The number of rotatable bonds is 1. The molecule has 0 atom stereocenters. The van der Waals surface area contributed by atoms with Gasteiger partial charge in [-0.2, -0.15) is 5.01 Å². The average Bonchev–Trinajstić information content (AvgIpc) is 2.49. The fraction of sp³-hybridized carbons (Fsp3) is 0.385. The molecule has 2 aliphatic heterocycles. The Labute approximate surface area is 111 Å². The van der Waals surface area contributed by atoms with Crippen LogP contribution >= 0.6 is 0 Å². The first-order valence-electron chi connectivity index (χ1n) is 6.27. The lowest BCUT2D eigenvalue weighted by Crippen LogP contribution is -2.47. The second-order valence-corrected chi connectivity index (χ2v) is 4.31. The third-order valence-electron chi connectivity index (χ3n) is 3.03. The van der Waals surface area contributed by atoms with E-state index in [9.17, 15) is 4.79 Å². The van der Waals surface area contributed by atoms with Gasteiger partial charge in [0.25, 0.3) is 5.91 Å². The first-order valence-corrected chi connectivity index (χ1v) is 6.27. The maximum atomic E-state index is 11.9. The number of para-hydroxylation sites is 1. The highest BCUT2D eigenvalue weighted by Crippen LogP contribution is 2.17. The van der Waals surface area contributed by atoms with Gasteiger partial charge < -0.3 is 14.4 Å². The zero-order chi connectivity index (χ0) is 13.1. The van der Waals surface area contributed by atoms with E-state index in [4.69, 9.17) is 9.47 Å². The monoisotopic (exact) mass is 261 g/mol. The number of hydrogen-bond acceptors (Lipinski definition) is 5. The Morgan fingerprint density at radius 1 is 1.11 bits per heavy atom. The molecule has 1 aromatic rings. The van der Waals surface area contributed by atoms with Gasteiger partial charge in [0.05, 0.1) is 18.9 Å². The van der Waals surface area contributed by atoms with Crippen molar-refractivity contribution in [2.24, 2.45) is 5.10 Å². The van der Waals surface area contributed by atoms with Crippen molar-refractivity contribution in [3.8, 4) is 0 Å². The standard InChI is InChI=1S/C13H15N3O3/c17-12-10-19-13(15-6-8-18-9-7-15)14-16(12)11-4-2-1-3-5-11/h1-5H,6-10H2. The first-order chi connectivity index (χ1) is 9.34. The van der Waals surface area contributed by atoms with E-state index in [0.29, 0.717) is 19.2 Å². The summed E-state index contributed by atoms with van der Waals surface area (Å²) >= 11 is 0. The molecule has 6 nitrogen and oxygen atoms in total. The second kappa shape index (κ2) is 5.27. The lowest BCUT2D eigenvalue weighted by molar-refractivity contribution is -0.122. The number of hydrogen-bond donors (Lipinski definition) is 0. The first kappa shape index (κ1) is 12.0. The fourth-order valence-corrected chi connectivity index (χ4v) is 2.04. The van der Waals surface area contributed by atoms with E-state index in [-0.39, 0.29) is 12.5 Å². The number of carbonyl (C=O) groups excluding carboxylic acids is 1. The molecule has 0 spiro atoms. The lowest BCUT2D eigenvalue weighted by Gasteiger charge is -2.32. The number of hydrazone groups is 1. The van der Waals surface area contributed by atoms with E-state index in [0.717, 1.165) is 18.8 Å². The van der Waals surface area contributed by atoms with Crippen LogP contribution in [0.1, 0.15) is 0 Å². The van der Waals surface area contributed by atoms with Gasteiger partial charge in [0.2, 0.25) is 0 Å². The number of morpholine rings is 1.